The first-order valence-electron chi connectivity index (χ1n) is 7.06. The van der Waals surface area contributed by atoms with Gasteiger partial charge in [0.05, 0.1) is 17.3 Å². The van der Waals surface area contributed by atoms with E-state index in [1.807, 2.05) is 12.1 Å². The van der Waals surface area contributed by atoms with Gasteiger partial charge in [0.15, 0.2) is 0 Å². The van der Waals surface area contributed by atoms with Gasteiger partial charge in [-0.15, -0.1) is 0 Å². The van der Waals surface area contributed by atoms with Crippen LogP contribution in [0.3, 0.4) is 0 Å². The summed E-state index contributed by atoms with van der Waals surface area (Å²) in [5.41, 5.74) is 3.28. The molecule has 0 saturated carbocycles. The number of hydrogen-bond donors (Lipinski definition) is 1. The van der Waals surface area contributed by atoms with E-state index >= 15 is 0 Å². The number of amides is 1. The quantitative estimate of drug-likeness (QED) is 0.945. The van der Waals surface area contributed by atoms with Crippen LogP contribution >= 0.6 is 11.6 Å². The summed E-state index contributed by atoms with van der Waals surface area (Å²) in [6.45, 7) is 2.37. The highest BCUT2D eigenvalue weighted by molar-refractivity contribution is 6.33. The molecular weight excluding hydrogens is 284 g/mol. The van der Waals surface area contributed by atoms with E-state index in [2.05, 4.69) is 34.5 Å². The van der Waals surface area contributed by atoms with Gasteiger partial charge in [-0.2, -0.15) is 0 Å². The lowest BCUT2D eigenvalue weighted by atomic mass is 10.0. The van der Waals surface area contributed by atoms with Crippen molar-refractivity contribution in [3.05, 3.63) is 70.2 Å². The predicted octanol–water partition coefficient (Wildman–Crippen LogP) is 3.09. The van der Waals surface area contributed by atoms with Crippen molar-refractivity contribution in [3.63, 3.8) is 0 Å². The van der Waals surface area contributed by atoms with Crippen molar-refractivity contribution in [3.8, 4) is 0 Å². The van der Waals surface area contributed by atoms with Gasteiger partial charge in [-0.25, -0.2) is 0 Å². The number of carbonyl (C=O) groups is 1. The van der Waals surface area contributed by atoms with Gasteiger partial charge in [-0.1, -0.05) is 48.0 Å². The van der Waals surface area contributed by atoms with Crippen molar-refractivity contribution in [2.75, 3.05) is 13.2 Å². The molecule has 2 aromatic carbocycles. The summed E-state index contributed by atoms with van der Waals surface area (Å²) in [6, 6.07) is 15.6. The Kier molecular flexibility index (Phi) is 4.23. The standard InChI is InChI=1S/C17H17ClN2O/c18-16-8-4-3-7-15(16)17(21)19-12-20-10-9-13-5-1-2-6-14(13)11-20/h1-8H,9-12H2,(H,19,21). The minimum Gasteiger partial charge on any atom is -0.339 e. The fourth-order valence-corrected chi connectivity index (χ4v) is 2.83. The first kappa shape index (κ1) is 14.1. The third kappa shape index (κ3) is 3.26. The summed E-state index contributed by atoms with van der Waals surface area (Å²) < 4.78 is 0. The molecule has 0 fully saturated rings. The molecule has 21 heavy (non-hydrogen) atoms. The maximum Gasteiger partial charge on any atom is 0.253 e. The predicted molar refractivity (Wildman–Crippen MR) is 84.3 cm³/mol. The van der Waals surface area contributed by atoms with Crippen molar-refractivity contribution in [1.29, 1.82) is 0 Å². The summed E-state index contributed by atoms with van der Waals surface area (Å²) in [6.07, 6.45) is 1.03. The van der Waals surface area contributed by atoms with Gasteiger partial charge >= 0.3 is 0 Å². The molecule has 1 heterocycles. The SMILES string of the molecule is O=C(NCN1CCc2ccccc2C1)c1ccccc1Cl. The summed E-state index contributed by atoms with van der Waals surface area (Å²) >= 11 is 6.03. The normalized spacial score (nSPS) is 14.5. The highest BCUT2D eigenvalue weighted by Gasteiger charge is 2.16. The van der Waals surface area contributed by atoms with E-state index in [0.717, 1.165) is 19.5 Å². The number of rotatable bonds is 3. The average Bonchev–Trinajstić information content (AvgIpc) is 2.53. The second-order valence-electron chi connectivity index (χ2n) is 5.22. The third-order valence-electron chi connectivity index (χ3n) is 3.79. The molecule has 3 rings (SSSR count). The maximum absolute atomic E-state index is 12.1. The molecule has 1 aliphatic heterocycles. The summed E-state index contributed by atoms with van der Waals surface area (Å²) in [7, 11) is 0. The molecule has 0 aliphatic carbocycles. The molecular formula is C17H17ClN2O. The lowest BCUT2D eigenvalue weighted by molar-refractivity contribution is 0.0917. The van der Waals surface area contributed by atoms with Gasteiger partial charge in [-0.05, 0) is 29.7 Å². The van der Waals surface area contributed by atoms with Crippen LogP contribution in [0.2, 0.25) is 5.02 Å². The molecule has 108 valence electrons. The number of fused-ring (bicyclic) bond motifs is 1. The molecule has 0 aromatic heterocycles. The molecule has 3 nitrogen and oxygen atoms in total. The van der Waals surface area contributed by atoms with Crippen molar-refractivity contribution < 1.29 is 4.79 Å². The number of hydrogen-bond acceptors (Lipinski definition) is 2. The van der Waals surface area contributed by atoms with Crippen molar-refractivity contribution in [2.45, 2.75) is 13.0 Å². The molecule has 0 radical (unpaired) electrons. The fraction of sp³-hybridized carbons (Fsp3) is 0.235. The molecule has 4 heteroatoms. The molecule has 0 unspecified atom stereocenters. The second kappa shape index (κ2) is 6.29. The minimum absolute atomic E-state index is 0.126. The third-order valence-corrected chi connectivity index (χ3v) is 4.12. The number of benzene rings is 2. The van der Waals surface area contributed by atoms with Crippen LogP contribution < -0.4 is 5.32 Å². The van der Waals surface area contributed by atoms with Crippen LogP contribution in [0.4, 0.5) is 0 Å². The van der Waals surface area contributed by atoms with Crippen LogP contribution in [0.1, 0.15) is 21.5 Å². The zero-order chi connectivity index (χ0) is 14.7. The molecule has 1 aliphatic rings. The maximum atomic E-state index is 12.1. The second-order valence-corrected chi connectivity index (χ2v) is 5.62. The van der Waals surface area contributed by atoms with E-state index in [1.165, 1.54) is 11.1 Å². The average molecular weight is 301 g/mol. The Morgan fingerprint density at radius 3 is 2.62 bits per heavy atom. The van der Waals surface area contributed by atoms with Gasteiger partial charge < -0.3 is 5.32 Å². The molecule has 0 bridgehead atoms. The minimum atomic E-state index is -0.126. The van der Waals surface area contributed by atoms with E-state index in [4.69, 9.17) is 11.6 Å². The topological polar surface area (TPSA) is 32.3 Å². The highest BCUT2D eigenvalue weighted by atomic mass is 35.5. The lowest BCUT2D eigenvalue weighted by Gasteiger charge is -2.28. The largest absolute Gasteiger partial charge is 0.339 e. The van der Waals surface area contributed by atoms with Crippen molar-refractivity contribution in [2.24, 2.45) is 0 Å². The number of halogens is 1. The van der Waals surface area contributed by atoms with Gasteiger partial charge in [-0.3, -0.25) is 9.69 Å². The van der Waals surface area contributed by atoms with Gasteiger partial charge in [0.2, 0.25) is 0 Å². The Bertz CT molecular complexity index is 657. The Morgan fingerprint density at radius 1 is 1.10 bits per heavy atom. The van der Waals surface area contributed by atoms with Gasteiger partial charge in [0.25, 0.3) is 5.91 Å². The number of nitrogens with zero attached hydrogens (tertiary/aromatic N) is 1. The Labute approximate surface area is 129 Å². The molecule has 1 N–H and O–H groups in total. The van der Waals surface area contributed by atoms with Gasteiger partial charge in [0.1, 0.15) is 0 Å². The van der Waals surface area contributed by atoms with E-state index in [0.29, 0.717) is 17.3 Å². The lowest BCUT2D eigenvalue weighted by Crippen LogP contribution is -2.40. The number of nitrogens with one attached hydrogen (secondary N) is 1. The smallest absolute Gasteiger partial charge is 0.253 e. The Balaban J connectivity index is 1.59. The Morgan fingerprint density at radius 2 is 1.81 bits per heavy atom. The first-order valence-corrected chi connectivity index (χ1v) is 7.44. The van der Waals surface area contributed by atoms with Crippen molar-refractivity contribution in [1.82, 2.24) is 10.2 Å². The molecule has 0 spiro atoms. The highest BCUT2D eigenvalue weighted by Crippen LogP contribution is 2.18. The Hall–Kier alpha value is -1.84. The van der Waals surface area contributed by atoms with Gasteiger partial charge in [0, 0.05) is 13.1 Å². The van der Waals surface area contributed by atoms with E-state index in [9.17, 15) is 4.79 Å². The fourth-order valence-electron chi connectivity index (χ4n) is 2.61. The summed E-state index contributed by atoms with van der Waals surface area (Å²) in [4.78, 5) is 14.4. The van der Waals surface area contributed by atoms with E-state index < -0.39 is 0 Å². The molecule has 0 atom stereocenters. The van der Waals surface area contributed by atoms with Crippen molar-refractivity contribution >= 4 is 17.5 Å². The van der Waals surface area contributed by atoms with Crippen LogP contribution in [-0.4, -0.2) is 24.0 Å². The van der Waals surface area contributed by atoms with Crippen LogP contribution in [0.25, 0.3) is 0 Å². The monoisotopic (exact) mass is 300 g/mol. The van der Waals surface area contributed by atoms with E-state index in [-0.39, 0.29) is 5.91 Å². The molecule has 1 amide bonds. The van der Waals surface area contributed by atoms with Crippen LogP contribution in [0, 0.1) is 0 Å². The first-order chi connectivity index (χ1) is 10.2. The zero-order valence-electron chi connectivity index (χ0n) is 11.7. The molecule has 0 saturated heterocycles. The molecule has 2 aromatic rings. The van der Waals surface area contributed by atoms with Crippen LogP contribution in [-0.2, 0) is 13.0 Å². The van der Waals surface area contributed by atoms with E-state index in [1.54, 1.807) is 12.1 Å². The zero-order valence-corrected chi connectivity index (χ0v) is 12.4. The van der Waals surface area contributed by atoms with Crippen LogP contribution in [0.5, 0.6) is 0 Å². The number of carbonyl (C=O) groups excluding carboxylic acids is 1. The summed E-state index contributed by atoms with van der Waals surface area (Å²) in [5, 5.41) is 3.43. The van der Waals surface area contributed by atoms with Crippen LogP contribution in [0.15, 0.2) is 48.5 Å². The summed E-state index contributed by atoms with van der Waals surface area (Å²) in [5.74, 6) is -0.126.